The number of hydrogen-bond donors (Lipinski definition) is 2. The molecule has 4 nitrogen and oxygen atoms in total. The van der Waals surface area contributed by atoms with Crippen molar-refractivity contribution < 1.29 is 19.4 Å². The summed E-state index contributed by atoms with van der Waals surface area (Å²) >= 11 is 0. The fourth-order valence-electron chi connectivity index (χ4n) is 1.04. The zero-order valence-corrected chi connectivity index (χ0v) is 7.71. The smallest absolute Gasteiger partial charge is 0.316 e. The molecule has 0 aromatic carbocycles. The van der Waals surface area contributed by atoms with Crippen molar-refractivity contribution >= 4 is 13.3 Å². The Morgan fingerprint density at radius 1 is 1.45 bits per heavy atom. The highest BCUT2D eigenvalue weighted by molar-refractivity contribution is 7.59. The molecule has 0 bridgehead atoms. The first-order chi connectivity index (χ1) is 4.76. The van der Waals surface area contributed by atoms with Crippen molar-refractivity contribution in [1.82, 2.24) is 0 Å². The maximum Gasteiger partial charge on any atom is 0.316 e. The molecular weight excluding hydrogens is 167 g/mol. The van der Waals surface area contributed by atoms with Gasteiger partial charge in [-0.05, 0) is 5.92 Å². The minimum Gasteiger partial charge on any atom is -0.481 e. The van der Waals surface area contributed by atoms with E-state index in [2.05, 4.69) is 0 Å². The molecule has 0 aliphatic heterocycles. The first-order valence-corrected chi connectivity index (χ1v) is 5.47. The molecule has 5 heteroatoms. The summed E-state index contributed by atoms with van der Waals surface area (Å²) in [6, 6.07) is 0. The molecule has 0 radical (unpaired) electrons. The minimum absolute atomic E-state index is 0.312. The lowest BCUT2D eigenvalue weighted by Crippen LogP contribution is -2.25. The summed E-state index contributed by atoms with van der Waals surface area (Å²) < 4.78 is 11.0. The van der Waals surface area contributed by atoms with Crippen LogP contribution in [0.25, 0.3) is 0 Å². The number of carboxylic acid groups (broad SMARTS) is 1. The highest BCUT2D eigenvalue weighted by Gasteiger charge is 2.35. The summed E-state index contributed by atoms with van der Waals surface area (Å²) in [7, 11) is -3.49. The van der Waals surface area contributed by atoms with E-state index in [1.165, 1.54) is 0 Å². The molecule has 2 unspecified atom stereocenters. The van der Waals surface area contributed by atoms with Crippen molar-refractivity contribution in [2.24, 2.45) is 5.92 Å². The third-order valence-electron chi connectivity index (χ3n) is 1.40. The van der Waals surface area contributed by atoms with Gasteiger partial charge in [0.1, 0.15) is 5.66 Å². The Kier molecular flexibility index (Phi) is 3.27. The second-order valence-electron chi connectivity index (χ2n) is 2.97. The van der Waals surface area contributed by atoms with Crippen molar-refractivity contribution in [3.8, 4) is 0 Å². The Balaban J connectivity index is 4.63. The van der Waals surface area contributed by atoms with Crippen LogP contribution >= 0.6 is 7.37 Å². The van der Waals surface area contributed by atoms with E-state index in [1.54, 1.807) is 13.8 Å². The molecule has 0 amide bonds. The average Bonchev–Trinajstić information content (AvgIpc) is 1.54. The molecule has 0 aromatic heterocycles. The second-order valence-corrected chi connectivity index (χ2v) is 5.41. The van der Waals surface area contributed by atoms with Crippen molar-refractivity contribution in [2.45, 2.75) is 19.5 Å². The topological polar surface area (TPSA) is 74.6 Å². The van der Waals surface area contributed by atoms with Crippen molar-refractivity contribution in [3.63, 3.8) is 0 Å². The summed E-state index contributed by atoms with van der Waals surface area (Å²) in [6.07, 6.45) is 0. The van der Waals surface area contributed by atoms with Crippen LogP contribution < -0.4 is 0 Å². The molecule has 0 aliphatic carbocycles. The van der Waals surface area contributed by atoms with Crippen molar-refractivity contribution in [3.05, 3.63) is 0 Å². The molecule has 0 rings (SSSR count). The lowest BCUT2D eigenvalue weighted by molar-refractivity contribution is -0.137. The zero-order chi connectivity index (χ0) is 9.23. The molecule has 0 fully saturated rings. The molecule has 0 saturated carbocycles. The van der Waals surface area contributed by atoms with E-state index in [0.717, 1.165) is 6.66 Å². The molecule has 2 atom stereocenters. The van der Waals surface area contributed by atoms with Gasteiger partial charge in [0.15, 0.2) is 0 Å². The molecule has 2 N–H and O–H groups in total. The van der Waals surface area contributed by atoms with E-state index in [9.17, 15) is 9.36 Å². The summed E-state index contributed by atoms with van der Waals surface area (Å²) in [5, 5.41) is 8.55. The minimum atomic E-state index is -3.49. The number of rotatable bonds is 3. The van der Waals surface area contributed by atoms with Gasteiger partial charge in [-0.1, -0.05) is 13.8 Å². The first kappa shape index (κ1) is 10.7. The fourth-order valence-corrected chi connectivity index (χ4v) is 2.56. The van der Waals surface area contributed by atoms with Crippen LogP contribution in [0.15, 0.2) is 0 Å². The molecule has 0 aromatic rings. The Bertz CT molecular complexity index is 193. The quantitative estimate of drug-likeness (QED) is 0.635. The van der Waals surface area contributed by atoms with Gasteiger partial charge in [0, 0.05) is 6.66 Å². The number of hydrogen-bond acceptors (Lipinski definition) is 2. The van der Waals surface area contributed by atoms with Crippen LogP contribution in [0.2, 0.25) is 0 Å². The molecule has 11 heavy (non-hydrogen) atoms. The van der Waals surface area contributed by atoms with E-state index in [0.29, 0.717) is 0 Å². The van der Waals surface area contributed by atoms with Crippen LogP contribution in [0.3, 0.4) is 0 Å². The fraction of sp³-hybridized carbons (Fsp3) is 0.833. The maximum atomic E-state index is 11.0. The standard InChI is InChI=1S/C6H13O4P/c1-4(2)5(6(7)8)11(3,9)10/h4-5H,1-3H3,(H,7,8)(H,9,10). The molecule has 0 aliphatic rings. The third kappa shape index (κ3) is 3.04. The monoisotopic (exact) mass is 180 g/mol. The predicted molar refractivity (Wildman–Crippen MR) is 42.0 cm³/mol. The summed E-state index contributed by atoms with van der Waals surface area (Å²) in [6.45, 7) is 4.31. The molecule has 0 heterocycles. The average molecular weight is 180 g/mol. The Morgan fingerprint density at radius 2 is 1.82 bits per heavy atom. The third-order valence-corrected chi connectivity index (χ3v) is 3.25. The van der Waals surface area contributed by atoms with Gasteiger partial charge in [-0.3, -0.25) is 9.36 Å². The van der Waals surface area contributed by atoms with Gasteiger partial charge < -0.3 is 10.00 Å². The molecule has 0 saturated heterocycles. The van der Waals surface area contributed by atoms with Gasteiger partial charge in [-0.25, -0.2) is 0 Å². The van der Waals surface area contributed by atoms with Crippen LogP contribution in [0.1, 0.15) is 13.8 Å². The normalized spacial score (nSPS) is 19.4. The predicted octanol–water partition coefficient (Wildman–Crippen LogP) is 0.996. The van der Waals surface area contributed by atoms with Crippen LogP contribution in [0.5, 0.6) is 0 Å². The van der Waals surface area contributed by atoms with E-state index in [1.807, 2.05) is 0 Å². The molecule has 0 spiro atoms. The van der Waals surface area contributed by atoms with Gasteiger partial charge in [0.25, 0.3) is 0 Å². The summed E-state index contributed by atoms with van der Waals surface area (Å²) in [4.78, 5) is 19.4. The highest BCUT2D eigenvalue weighted by atomic mass is 31.2. The number of carboxylic acids is 1. The van der Waals surface area contributed by atoms with Crippen LogP contribution in [0.4, 0.5) is 0 Å². The van der Waals surface area contributed by atoms with Gasteiger partial charge in [-0.15, -0.1) is 0 Å². The van der Waals surface area contributed by atoms with Gasteiger partial charge in [0.2, 0.25) is 7.37 Å². The van der Waals surface area contributed by atoms with Crippen molar-refractivity contribution in [2.75, 3.05) is 6.66 Å². The lowest BCUT2D eigenvalue weighted by Gasteiger charge is -2.18. The SMILES string of the molecule is CC(C)C(C(=O)O)P(C)(=O)O. The van der Waals surface area contributed by atoms with Crippen LogP contribution in [0, 0.1) is 5.92 Å². The van der Waals surface area contributed by atoms with Crippen LogP contribution in [-0.2, 0) is 9.36 Å². The number of carbonyl (C=O) groups is 1. The summed E-state index contributed by atoms with van der Waals surface area (Å²) in [5.74, 6) is -1.51. The summed E-state index contributed by atoms with van der Waals surface area (Å²) in [5.41, 5.74) is -1.14. The van der Waals surface area contributed by atoms with Gasteiger partial charge >= 0.3 is 5.97 Å². The van der Waals surface area contributed by atoms with Gasteiger partial charge in [0.05, 0.1) is 0 Å². The molecular formula is C6H13O4P. The largest absolute Gasteiger partial charge is 0.481 e. The Labute approximate surface area is 65.7 Å². The van der Waals surface area contributed by atoms with Crippen molar-refractivity contribution in [1.29, 1.82) is 0 Å². The van der Waals surface area contributed by atoms with E-state index in [-0.39, 0.29) is 5.92 Å². The van der Waals surface area contributed by atoms with Crippen LogP contribution in [-0.4, -0.2) is 28.3 Å². The Hall–Kier alpha value is -0.340. The van der Waals surface area contributed by atoms with E-state index in [4.69, 9.17) is 10.00 Å². The van der Waals surface area contributed by atoms with E-state index < -0.39 is 19.0 Å². The highest BCUT2D eigenvalue weighted by Crippen LogP contribution is 2.45. The molecule has 66 valence electrons. The Morgan fingerprint density at radius 3 is 1.82 bits per heavy atom. The second kappa shape index (κ2) is 3.37. The number of aliphatic carboxylic acids is 1. The van der Waals surface area contributed by atoms with E-state index >= 15 is 0 Å². The maximum absolute atomic E-state index is 11.0. The lowest BCUT2D eigenvalue weighted by atomic mass is 10.1. The first-order valence-electron chi connectivity index (χ1n) is 3.29. The van der Waals surface area contributed by atoms with Gasteiger partial charge in [-0.2, -0.15) is 0 Å². The zero-order valence-electron chi connectivity index (χ0n) is 6.81.